The first-order chi connectivity index (χ1) is 14.6. The zero-order valence-electron chi connectivity index (χ0n) is 17.9. The summed E-state index contributed by atoms with van der Waals surface area (Å²) in [6, 6.07) is 14.1. The number of piperazine rings is 1. The molecule has 1 aliphatic rings. The summed E-state index contributed by atoms with van der Waals surface area (Å²) in [6.07, 6.45) is 0.774. The lowest BCUT2D eigenvalue weighted by Gasteiger charge is -2.38. The van der Waals surface area contributed by atoms with E-state index < -0.39 is 5.97 Å². The van der Waals surface area contributed by atoms with Crippen molar-refractivity contribution in [2.45, 2.75) is 27.2 Å². The van der Waals surface area contributed by atoms with Crippen molar-refractivity contribution < 1.29 is 9.53 Å². The summed E-state index contributed by atoms with van der Waals surface area (Å²) in [4.78, 5) is 26.7. The number of carbonyl (C=O) groups excluding carboxylic acids is 1. The number of hydrogen-bond acceptors (Lipinski definition) is 6. The van der Waals surface area contributed by atoms with E-state index in [1.54, 1.807) is 0 Å². The highest BCUT2D eigenvalue weighted by Gasteiger charge is 2.26. The molecular formula is C24H28N4O2. The first-order valence-corrected chi connectivity index (χ1v) is 10.6. The fourth-order valence-electron chi connectivity index (χ4n) is 3.85. The highest BCUT2D eigenvalue weighted by Crippen LogP contribution is 2.27. The summed E-state index contributed by atoms with van der Waals surface area (Å²) < 4.78 is 5.40. The van der Waals surface area contributed by atoms with Crippen LogP contribution < -0.4 is 9.80 Å². The molecule has 0 radical (unpaired) electrons. The maximum atomic E-state index is 12.7. The molecule has 3 aromatic rings. The van der Waals surface area contributed by atoms with Crippen LogP contribution in [0.25, 0.3) is 11.0 Å². The van der Waals surface area contributed by atoms with E-state index in [0.29, 0.717) is 23.6 Å². The number of carbonyl (C=O) groups is 1. The fraction of sp³-hybridized carbons (Fsp3) is 0.375. The van der Waals surface area contributed by atoms with E-state index in [-0.39, 0.29) is 0 Å². The molecule has 2 aromatic carbocycles. The van der Waals surface area contributed by atoms with E-state index in [4.69, 9.17) is 9.72 Å². The molecule has 0 unspecified atom stereocenters. The van der Waals surface area contributed by atoms with Crippen molar-refractivity contribution in [3.05, 3.63) is 59.3 Å². The molecule has 6 nitrogen and oxygen atoms in total. The summed E-state index contributed by atoms with van der Waals surface area (Å²) in [6.45, 7) is 9.95. The number of benzene rings is 2. The largest absolute Gasteiger partial charge is 0.461 e. The average Bonchev–Trinajstić information content (AvgIpc) is 2.78. The molecule has 1 saturated heterocycles. The van der Waals surface area contributed by atoms with Crippen molar-refractivity contribution in [2.24, 2.45) is 0 Å². The van der Waals surface area contributed by atoms with E-state index in [1.165, 1.54) is 16.8 Å². The standard InChI is InChI=1S/C24H28N4O2/c1-4-16-30-24(29)22-23(26-20-10-6-5-9-19(20)25-22)28-14-12-27(13-15-28)21-11-7-8-17(2)18(21)3/h5-11H,4,12-16H2,1-3H3. The minimum atomic E-state index is -0.401. The lowest BCUT2D eigenvalue weighted by molar-refractivity contribution is 0.0499. The molecule has 1 aliphatic heterocycles. The van der Waals surface area contributed by atoms with Crippen molar-refractivity contribution in [1.82, 2.24) is 9.97 Å². The third kappa shape index (κ3) is 3.95. The molecule has 0 bridgehead atoms. The van der Waals surface area contributed by atoms with E-state index in [1.807, 2.05) is 31.2 Å². The zero-order valence-corrected chi connectivity index (χ0v) is 17.9. The van der Waals surface area contributed by atoms with Gasteiger partial charge in [-0.3, -0.25) is 0 Å². The molecule has 4 rings (SSSR count). The average molecular weight is 405 g/mol. The Labute approximate surface area is 177 Å². The van der Waals surface area contributed by atoms with Crippen molar-refractivity contribution in [2.75, 3.05) is 42.6 Å². The minimum absolute atomic E-state index is 0.308. The molecule has 2 heterocycles. The Morgan fingerprint density at radius 3 is 2.30 bits per heavy atom. The number of aryl methyl sites for hydroxylation is 1. The van der Waals surface area contributed by atoms with Gasteiger partial charge >= 0.3 is 5.97 Å². The maximum Gasteiger partial charge on any atom is 0.360 e. The van der Waals surface area contributed by atoms with E-state index in [2.05, 4.69) is 46.8 Å². The summed E-state index contributed by atoms with van der Waals surface area (Å²) in [5, 5.41) is 0. The van der Waals surface area contributed by atoms with Crippen molar-refractivity contribution in [3.63, 3.8) is 0 Å². The Hall–Kier alpha value is -3.15. The van der Waals surface area contributed by atoms with E-state index in [0.717, 1.165) is 38.1 Å². The number of fused-ring (bicyclic) bond motifs is 1. The number of esters is 1. The molecule has 1 fully saturated rings. The Kier molecular flexibility index (Phi) is 5.84. The van der Waals surface area contributed by atoms with Gasteiger partial charge in [-0.2, -0.15) is 0 Å². The molecule has 1 aromatic heterocycles. The van der Waals surface area contributed by atoms with Gasteiger partial charge < -0.3 is 14.5 Å². The van der Waals surface area contributed by atoms with Crippen LogP contribution in [0.2, 0.25) is 0 Å². The van der Waals surface area contributed by atoms with Crippen LogP contribution in [-0.4, -0.2) is 48.7 Å². The van der Waals surface area contributed by atoms with Gasteiger partial charge in [-0.05, 0) is 49.6 Å². The first-order valence-electron chi connectivity index (χ1n) is 10.6. The lowest BCUT2D eigenvalue weighted by Crippen LogP contribution is -2.47. The number of anilines is 2. The van der Waals surface area contributed by atoms with Crippen LogP contribution in [0.5, 0.6) is 0 Å². The van der Waals surface area contributed by atoms with Crippen LogP contribution in [0, 0.1) is 13.8 Å². The molecule has 0 atom stereocenters. The fourth-order valence-corrected chi connectivity index (χ4v) is 3.85. The summed E-state index contributed by atoms with van der Waals surface area (Å²) >= 11 is 0. The van der Waals surface area contributed by atoms with Crippen LogP contribution >= 0.6 is 0 Å². The van der Waals surface area contributed by atoms with Crippen molar-refractivity contribution in [3.8, 4) is 0 Å². The number of hydrogen-bond donors (Lipinski definition) is 0. The molecule has 0 aliphatic carbocycles. The van der Waals surface area contributed by atoms with Crippen molar-refractivity contribution in [1.29, 1.82) is 0 Å². The number of aromatic nitrogens is 2. The van der Waals surface area contributed by atoms with E-state index in [9.17, 15) is 4.79 Å². The molecule has 0 saturated carbocycles. The van der Waals surface area contributed by atoms with Gasteiger partial charge in [0.25, 0.3) is 0 Å². The van der Waals surface area contributed by atoms with Crippen LogP contribution in [0.15, 0.2) is 42.5 Å². The van der Waals surface area contributed by atoms with Gasteiger partial charge in [0.05, 0.1) is 17.6 Å². The number of para-hydroxylation sites is 2. The van der Waals surface area contributed by atoms with Gasteiger partial charge in [-0.1, -0.05) is 31.2 Å². The van der Waals surface area contributed by atoms with Gasteiger partial charge in [0.15, 0.2) is 11.5 Å². The van der Waals surface area contributed by atoms with Crippen LogP contribution in [0.3, 0.4) is 0 Å². The topological polar surface area (TPSA) is 58.6 Å². The third-order valence-corrected chi connectivity index (χ3v) is 5.68. The minimum Gasteiger partial charge on any atom is -0.461 e. The van der Waals surface area contributed by atoms with Crippen LogP contribution in [-0.2, 0) is 4.74 Å². The smallest absolute Gasteiger partial charge is 0.360 e. The number of rotatable bonds is 5. The Bertz CT molecular complexity index is 1060. The molecule has 6 heteroatoms. The van der Waals surface area contributed by atoms with Gasteiger partial charge in [-0.25, -0.2) is 14.8 Å². The highest BCUT2D eigenvalue weighted by atomic mass is 16.5. The third-order valence-electron chi connectivity index (χ3n) is 5.68. The van der Waals surface area contributed by atoms with Crippen molar-refractivity contribution >= 4 is 28.5 Å². The predicted octanol–water partition coefficient (Wildman–Crippen LogP) is 4.14. The van der Waals surface area contributed by atoms with E-state index >= 15 is 0 Å². The second-order valence-electron chi connectivity index (χ2n) is 7.71. The predicted molar refractivity (Wildman–Crippen MR) is 120 cm³/mol. The monoisotopic (exact) mass is 404 g/mol. The summed E-state index contributed by atoms with van der Waals surface area (Å²) in [5.41, 5.74) is 5.70. The summed E-state index contributed by atoms with van der Waals surface area (Å²) in [5.74, 6) is 0.220. The van der Waals surface area contributed by atoms with Crippen LogP contribution in [0.4, 0.5) is 11.5 Å². The quantitative estimate of drug-likeness (QED) is 0.596. The van der Waals surface area contributed by atoms with Gasteiger partial charge in [0.1, 0.15) is 0 Å². The molecule has 156 valence electrons. The Morgan fingerprint density at radius 2 is 1.60 bits per heavy atom. The SMILES string of the molecule is CCCOC(=O)c1nc2ccccc2nc1N1CCN(c2cccc(C)c2C)CC1. The first kappa shape index (κ1) is 20.1. The maximum absolute atomic E-state index is 12.7. The second-order valence-corrected chi connectivity index (χ2v) is 7.71. The second kappa shape index (κ2) is 8.69. The zero-order chi connectivity index (χ0) is 21.1. The molecule has 0 N–H and O–H groups in total. The lowest BCUT2D eigenvalue weighted by atomic mass is 10.1. The number of ether oxygens (including phenoxy) is 1. The van der Waals surface area contributed by atoms with Gasteiger partial charge in [-0.15, -0.1) is 0 Å². The molecule has 0 spiro atoms. The Balaban J connectivity index is 1.61. The van der Waals surface area contributed by atoms with Gasteiger partial charge in [0, 0.05) is 31.9 Å². The normalized spacial score (nSPS) is 14.2. The van der Waals surface area contributed by atoms with Crippen LogP contribution in [0.1, 0.15) is 35.0 Å². The summed E-state index contributed by atoms with van der Waals surface area (Å²) in [7, 11) is 0. The highest BCUT2D eigenvalue weighted by molar-refractivity contribution is 5.95. The molecular weight excluding hydrogens is 376 g/mol. The molecule has 30 heavy (non-hydrogen) atoms. The molecule has 0 amide bonds. The van der Waals surface area contributed by atoms with Gasteiger partial charge in [0.2, 0.25) is 0 Å². The number of nitrogens with zero attached hydrogens (tertiary/aromatic N) is 4. The Morgan fingerprint density at radius 1 is 0.933 bits per heavy atom.